The summed E-state index contributed by atoms with van der Waals surface area (Å²) >= 11 is 1.28. The molecule has 0 radical (unpaired) electrons. The van der Waals surface area contributed by atoms with E-state index < -0.39 is 11.7 Å². The van der Waals surface area contributed by atoms with E-state index in [2.05, 4.69) is 0 Å². The van der Waals surface area contributed by atoms with Crippen molar-refractivity contribution < 1.29 is 18.0 Å². The summed E-state index contributed by atoms with van der Waals surface area (Å²) in [4.78, 5) is 11.0. The van der Waals surface area contributed by atoms with E-state index in [4.69, 9.17) is 0 Å². The lowest BCUT2D eigenvalue weighted by molar-refractivity contribution is -0.137. The van der Waals surface area contributed by atoms with Gasteiger partial charge in [0.1, 0.15) is 0 Å². The molecule has 0 fully saturated rings. The zero-order valence-corrected chi connectivity index (χ0v) is 15.4. The molecule has 0 atom stereocenters. The number of halogens is 3. The Morgan fingerprint density at radius 2 is 1.11 bits per heavy atom. The van der Waals surface area contributed by atoms with E-state index in [1.165, 1.54) is 23.9 Å². The molecule has 3 aromatic rings. The summed E-state index contributed by atoms with van der Waals surface area (Å²) in [5, 5.41) is 0.0953. The third kappa shape index (κ3) is 5.01. The predicted molar refractivity (Wildman–Crippen MR) is 104 cm³/mol. The maximum Gasteiger partial charge on any atom is 0.416 e. The van der Waals surface area contributed by atoms with Crippen molar-refractivity contribution in [1.82, 2.24) is 0 Å². The highest BCUT2D eigenvalue weighted by molar-refractivity contribution is 8.12. The molecule has 0 heterocycles. The summed E-state index contributed by atoms with van der Waals surface area (Å²) in [6.45, 7) is 1.55. The zero-order chi connectivity index (χ0) is 19.4. The summed E-state index contributed by atoms with van der Waals surface area (Å²) < 4.78 is 38.0. The van der Waals surface area contributed by atoms with Gasteiger partial charge in [-0.15, -0.1) is 0 Å². The number of hydrogen-bond donors (Lipinski definition) is 0. The van der Waals surface area contributed by atoms with Crippen LogP contribution in [0.25, 0.3) is 22.3 Å². The Bertz CT molecular complexity index is 912. The fourth-order valence-corrected chi connectivity index (χ4v) is 3.25. The second-order valence-corrected chi connectivity index (χ2v) is 7.28. The molecule has 0 N–H and O–H groups in total. The topological polar surface area (TPSA) is 17.1 Å². The quantitative estimate of drug-likeness (QED) is 0.489. The van der Waals surface area contributed by atoms with E-state index in [0.717, 1.165) is 39.9 Å². The van der Waals surface area contributed by atoms with E-state index in [0.29, 0.717) is 5.75 Å². The molecular formula is C22H17F3OS. The van der Waals surface area contributed by atoms with Crippen molar-refractivity contribution in [3.05, 3.63) is 83.9 Å². The zero-order valence-electron chi connectivity index (χ0n) is 14.6. The van der Waals surface area contributed by atoms with E-state index >= 15 is 0 Å². The van der Waals surface area contributed by atoms with Crippen LogP contribution in [0.5, 0.6) is 0 Å². The highest BCUT2D eigenvalue weighted by atomic mass is 32.2. The molecule has 5 heteroatoms. The first-order valence-corrected chi connectivity index (χ1v) is 9.32. The van der Waals surface area contributed by atoms with Gasteiger partial charge in [0.05, 0.1) is 5.56 Å². The van der Waals surface area contributed by atoms with Crippen LogP contribution in [0.3, 0.4) is 0 Å². The van der Waals surface area contributed by atoms with Crippen molar-refractivity contribution >= 4 is 16.9 Å². The summed E-state index contributed by atoms with van der Waals surface area (Å²) in [5.74, 6) is 0.655. The predicted octanol–water partition coefficient (Wildman–Crippen LogP) is 6.82. The number of thioether (sulfide) groups is 1. The Labute approximate surface area is 160 Å². The number of carbonyl (C=O) groups excluding carboxylic acids is 1. The lowest BCUT2D eigenvalue weighted by Crippen LogP contribution is -2.03. The van der Waals surface area contributed by atoms with Gasteiger partial charge in [-0.1, -0.05) is 72.4 Å². The lowest BCUT2D eigenvalue weighted by atomic mass is 9.99. The molecule has 0 bridgehead atoms. The second kappa shape index (κ2) is 8.01. The van der Waals surface area contributed by atoms with Gasteiger partial charge >= 0.3 is 6.18 Å². The Morgan fingerprint density at radius 3 is 1.48 bits per heavy atom. The largest absolute Gasteiger partial charge is 0.416 e. The van der Waals surface area contributed by atoms with Gasteiger partial charge in [0.2, 0.25) is 0 Å². The molecule has 3 aromatic carbocycles. The van der Waals surface area contributed by atoms with Crippen molar-refractivity contribution in [1.29, 1.82) is 0 Å². The number of alkyl halides is 3. The normalized spacial score (nSPS) is 11.4. The molecule has 0 saturated carbocycles. The summed E-state index contributed by atoms with van der Waals surface area (Å²) in [6, 6.07) is 20.9. The van der Waals surface area contributed by atoms with Crippen molar-refractivity contribution in [2.75, 3.05) is 0 Å². The SMILES string of the molecule is CC(=O)SCc1ccc(-c2ccc(-c3ccc(C(F)(F)F)cc3)cc2)cc1. The number of rotatable bonds is 4. The molecule has 27 heavy (non-hydrogen) atoms. The van der Waals surface area contributed by atoms with Crippen LogP contribution in [-0.4, -0.2) is 5.12 Å². The highest BCUT2D eigenvalue weighted by Gasteiger charge is 2.29. The lowest BCUT2D eigenvalue weighted by Gasteiger charge is -2.09. The Hall–Kier alpha value is -2.53. The van der Waals surface area contributed by atoms with Gasteiger partial charge in [-0.05, 0) is 39.9 Å². The van der Waals surface area contributed by atoms with E-state index in [9.17, 15) is 18.0 Å². The minimum atomic E-state index is -4.32. The molecule has 0 unspecified atom stereocenters. The molecule has 0 saturated heterocycles. The number of hydrogen-bond acceptors (Lipinski definition) is 2. The molecule has 0 amide bonds. The highest BCUT2D eigenvalue weighted by Crippen LogP contribution is 2.31. The van der Waals surface area contributed by atoms with Gasteiger partial charge in [-0.2, -0.15) is 13.2 Å². The van der Waals surface area contributed by atoms with E-state index in [1.54, 1.807) is 6.92 Å². The maximum absolute atomic E-state index is 12.7. The van der Waals surface area contributed by atoms with Gasteiger partial charge in [0.25, 0.3) is 0 Å². The Morgan fingerprint density at radius 1 is 0.741 bits per heavy atom. The standard InChI is InChI=1S/C22H17F3OS/c1-15(26)27-14-16-2-4-17(5-3-16)18-6-8-19(9-7-18)20-10-12-21(13-11-20)22(23,24)25/h2-13H,14H2,1H3. The third-order valence-corrected chi connectivity index (χ3v) is 5.04. The fourth-order valence-electron chi connectivity index (χ4n) is 2.69. The van der Waals surface area contributed by atoms with Gasteiger partial charge in [0, 0.05) is 12.7 Å². The van der Waals surface area contributed by atoms with Gasteiger partial charge < -0.3 is 0 Å². The van der Waals surface area contributed by atoms with Crippen LogP contribution in [-0.2, 0) is 16.7 Å². The maximum atomic E-state index is 12.7. The third-order valence-electron chi connectivity index (χ3n) is 4.16. The van der Waals surface area contributed by atoms with E-state index in [1.807, 2.05) is 48.5 Å². The first-order chi connectivity index (χ1) is 12.8. The molecule has 1 nitrogen and oxygen atoms in total. The average Bonchev–Trinajstić information content (AvgIpc) is 2.66. The van der Waals surface area contributed by atoms with Crippen LogP contribution >= 0.6 is 11.8 Å². The van der Waals surface area contributed by atoms with Crippen LogP contribution in [0.1, 0.15) is 18.1 Å². The minimum absolute atomic E-state index is 0.0953. The fraction of sp³-hybridized carbons (Fsp3) is 0.136. The van der Waals surface area contributed by atoms with Crippen molar-refractivity contribution in [2.24, 2.45) is 0 Å². The Balaban J connectivity index is 1.74. The molecule has 0 aliphatic carbocycles. The van der Waals surface area contributed by atoms with Crippen LogP contribution in [0.4, 0.5) is 13.2 Å². The van der Waals surface area contributed by atoms with Crippen molar-refractivity contribution in [3.63, 3.8) is 0 Å². The molecular weight excluding hydrogens is 369 g/mol. The molecule has 0 aromatic heterocycles. The minimum Gasteiger partial charge on any atom is -0.288 e. The van der Waals surface area contributed by atoms with Crippen LogP contribution in [0.15, 0.2) is 72.8 Å². The number of carbonyl (C=O) groups is 1. The van der Waals surface area contributed by atoms with Crippen LogP contribution < -0.4 is 0 Å². The molecule has 138 valence electrons. The van der Waals surface area contributed by atoms with Gasteiger partial charge in [-0.25, -0.2) is 0 Å². The summed E-state index contributed by atoms with van der Waals surface area (Å²) in [5.41, 5.74) is 4.11. The molecule has 0 aliphatic rings. The summed E-state index contributed by atoms with van der Waals surface area (Å²) in [6.07, 6.45) is -4.32. The molecule has 0 spiro atoms. The Kier molecular flexibility index (Phi) is 5.71. The molecule has 3 rings (SSSR count). The second-order valence-electron chi connectivity index (χ2n) is 6.13. The van der Waals surface area contributed by atoms with E-state index in [-0.39, 0.29) is 5.12 Å². The first kappa shape index (κ1) is 19.2. The smallest absolute Gasteiger partial charge is 0.288 e. The van der Waals surface area contributed by atoms with Crippen LogP contribution in [0, 0.1) is 0 Å². The summed E-state index contributed by atoms with van der Waals surface area (Å²) in [7, 11) is 0. The first-order valence-electron chi connectivity index (χ1n) is 8.33. The van der Waals surface area contributed by atoms with Crippen molar-refractivity contribution in [3.8, 4) is 22.3 Å². The number of benzene rings is 3. The van der Waals surface area contributed by atoms with Gasteiger partial charge in [-0.3, -0.25) is 4.79 Å². The molecule has 0 aliphatic heterocycles. The monoisotopic (exact) mass is 386 g/mol. The van der Waals surface area contributed by atoms with Crippen molar-refractivity contribution in [2.45, 2.75) is 18.9 Å². The van der Waals surface area contributed by atoms with Crippen LogP contribution in [0.2, 0.25) is 0 Å². The average molecular weight is 386 g/mol. The van der Waals surface area contributed by atoms with Gasteiger partial charge in [0.15, 0.2) is 5.12 Å².